The van der Waals surface area contributed by atoms with Crippen LogP contribution in [0.2, 0.25) is 0 Å². The van der Waals surface area contributed by atoms with E-state index < -0.39 is 0 Å². The lowest BCUT2D eigenvalue weighted by Gasteiger charge is -2.24. The lowest BCUT2D eigenvalue weighted by atomic mass is 10.2. The fourth-order valence-corrected chi connectivity index (χ4v) is 2.98. The van der Waals surface area contributed by atoms with Gasteiger partial charge in [-0.15, -0.1) is 0 Å². The van der Waals surface area contributed by atoms with Gasteiger partial charge in [0.25, 0.3) is 0 Å². The monoisotopic (exact) mass is 227 g/mol. The van der Waals surface area contributed by atoms with Crippen LogP contribution in [0.1, 0.15) is 19.3 Å². The molecule has 4 heteroatoms. The average Bonchev–Trinajstić information content (AvgIpc) is 2.86. The number of aliphatic hydroxyl groups is 1. The Bertz CT molecular complexity index is 206. The summed E-state index contributed by atoms with van der Waals surface area (Å²) in [5.74, 6) is 0. The van der Waals surface area contributed by atoms with Gasteiger partial charge in [-0.1, -0.05) is 0 Å². The summed E-state index contributed by atoms with van der Waals surface area (Å²) in [5, 5.41) is 12.8. The Morgan fingerprint density at radius 2 is 2.06 bits per heavy atom. The molecule has 0 saturated carbocycles. The maximum absolute atomic E-state index is 9.74. The highest BCUT2D eigenvalue weighted by molar-refractivity contribution is 4.86. The van der Waals surface area contributed by atoms with Gasteiger partial charge in [0, 0.05) is 25.7 Å². The van der Waals surface area contributed by atoms with Crippen molar-refractivity contribution >= 4 is 0 Å². The maximum atomic E-state index is 9.74. The van der Waals surface area contributed by atoms with Gasteiger partial charge >= 0.3 is 0 Å². The number of hydrogen-bond donors (Lipinski definition) is 2. The third kappa shape index (κ3) is 3.17. The van der Waals surface area contributed by atoms with Crippen molar-refractivity contribution in [3.05, 3.63) is 0 Å². The van der Waals surface area contributed by atoms with Crippen LogP contribution in [0.4, 0.5) is 0 Å². The van der Waals surface area contributed by atoms with E-state index in [1.807, 2.05) is 7.05 Å². The summed E-state index contributed by atoms with van der Waals surface area (Å²) in [5.41, 5.74) is 0. The number of nitrogens with zero attached hydrogens (tertiary/aromatic N) is 2. The van der Waals surface area contributed by atoms with E-state index >= 15 is 0 Å². The van der Waals surface area contributed by atoms with Gasteiger partial charge in [0.1, 0.15) is 0 Å². The molecule has 4 nitrogen and oxygen atoms in total. The zero-order chi connectivity index (χ0) is 11.4. The van der Waals surface area contributed by atoms with Gasteiger partial charge in [-0.2, -0.15) is 0 Å². The van der Waals surface area contributed by atoms with Gasteiger partial charge in [-0.05, 0) is 45.9 Å². The van der Waals surface area contributed by atoms with Crippen molar-refractivity contribution in [1.29, 1.82) is 0 Å². The summed E-state index contributed by atoms with van der Waals surface area (Å²) in [6.07, 6.45) is 3.81. The molecule has 0 aromatic carbocycles. The molecular weight excluding hydrogens is 202 g/mol. The fraction of sp³-hybridized carbons (Fsp3) is 1.00. The predicted octanol–water partition coefficient (Wildman–Crippen LogP) is -0.263. The van der Waals surface area contributed by atoms with E-state index in [1.165, 1.54) is 32.4 Å². The molecule has 2 aliphatic rings. The zero-order valence-corrected chi connectivity index (χ0v) is 10.4. The Morgan fingerprint density at radius 1 is 1.31 bits per heavy atom. The van der Waals surface area contributed by atoms with E-state index in [4.69, 9.17) is 0 Å². The first-order chi connectivity index (χ1) is 7.79. The molecule has 0 amide bonds. The molecule has 2 fully saturated rings. The van der Waals surface area contributed by atoms with Crippen LogP contribution in [-0.4, -0.2) is 73.4 Å². The summed E-state index contributed by atoms with van der Waals surface area (Å²) in [7, 11) is 1.89. The molecule has 16 heavy (non-hydrogen) atoms. The summed E-state index contributed by atoms with van der Waals surface area (Å²) in [6.45, 7) is 6.41. The summed E-state index contributed by atoms with van der Waals surface area (Å²) >= 11 is 0. The van der Waals surface area contributed by atoms with Crippen LogP contribution in [0.25, 0.3) is 0 Å². The van der Waals surface area contributed by atoms with E-state index in [0.717, 1.165) is 25.7 Å². The molecule has 0 aromatic rings. The van der Waals surface area contributed by atoms with Crippen LogP contribution in [-0.2, 0) is 0 Å². The Morgan fingerprint density at radius 3 is 2.75 bits per heavy atom. The molecule has 0 aromatic heterocycles. The number of rotatable bonds is 5. The molecule has 0 spiro atoms. The summed E-state index contributed by atoms with van der Waals surface area (Å²) in [6, 6.07) is 0.754. The Hall–Kier alpha value is -0.160. The molecule has 2 heterocycles. The zero-order valence-electron chi connectivity index (χ0n) is 10.4. The minimum Gasteiger partial charge on any atom is -0.390 e. The van der Waals surface area contributed by atoms with Crippen molar-refractivity contribution in [3.63, 3.8) is 0 Å². The molecule has 2 N–H and O–H groups in total. The maximum Gasteiger partial charge on any atom is 0.0791 e. The molecule has 0 aliphatic carbocycles. The standard InChI is InChI=1S/C12H25N3O/c1-13-8-12(16)10-14-7-4-11(9-14)15-5-2-3-6-15/h11-13,16H,2-10H2,1H3. The first-order valence-corrected chi connectivity index (χ1v) is 6.58. The van der Waals surface area contributed by atoms with E-state index in [0.29, 0.717) is 6.54 Å². The van der Waals surface area contributed by atoms with Crippen LogP contribution in [0.15, 0.2) is 0 Å². The second kappa shape index (κ2) is 5.96. The molecule has 2 rings (SSSR count). The first-order valence-electron chi connectivity index (χ1n) is 6.58. The van der Waals surface area contributed by atoms with Crippen LogP contribution in [0, 0.1) is 0 Å². The molecule has 0 bridgehead atoms. The van der Waals surface area contributed by atoms with Crippen LogP contribution in [0.5, 0.6) is 0 Å². The molecule has 2 unspecified atom stereocenters. The molecule has 2 atom stereocenters. The fourth-order valence-electron chi connectivity index (χ4n) is 2.98. The lowest BCUT2D eigenvalue weighted by molar-refractivity contribution is 0.120. The number of likely N-dealkylation sites (N-methyl/N-ethyl adjacent to an activating group) is 1. The number of β-amino-alcohol motifs (C(OH)–C–C–N with tert-alkyl or cyclic N) is 1. The van der Waals surface area contributed by atoms with Gasteiger partial charge in [0.15, 0.2) is 0 Å². The second-order valence-electron chi connectivity index (χ2n) is 5.16. The van der Waals surface area contributed by atoms with Gasteiger partial charge < -0.3 is 10.4 Å². The second-order valence-corrected chi connectivity index (χ2v) is 5.16. The van der Waals surface area contributed by atoms with Crippen LogP contribution >= 0.6 is 0 Å². The normalized spacial score (nSPS) is 30.0. The highest BCUT2D eigenvalue weighted by Gasteiger charge is 2.29. The molecule has 2 aliphatic heterocycles. The van der Waals surface area contributed by atoms with Crippen molar-refractivity contribution in [3.8, 4) is 0 Å². The minimum atomic E-state index is -0.220. The Kier molecular flexibility index (Phi) is 4.58. The lowest BCUT2D eigenvalue weighted by Crippen LogP contribution is -2.39. The molecule has 0 radical (unpaired) electrons. The Balaban J connectivity index is 1.70. The predicted molar refractivity (Wildman–Crippen MR) is 65.6 cm³/mol. The summed E-state index contributed by atoms with van der Waals surface area (Å²) in [4.78, 5) is 5.04. The SMILES string of the molecule is CNCC(O)CN1CCC(N2CCCC2)C1. The smallest absolute Gasteiger partial charge is 0.0791 e. The van der Waals surface area contributed by atoms with Gasteiger partial charge in [-0.25, -0.2) is 0 Å². The van der Waals surface area contributed by atoms with Gasteiger partial charge in [0.05, 0.1) is 6.10 Å². The molecular formula is C12H25N3O. The van der Waals surface area contributed by atoms with Crippen molar-refractivity contribution < 1.29 is 5.11 Å². The van der Waals surface area contributed by atoms with E-state index in [2.05, 4.69) is 15.1 Å². The third-order valence-corrected chi connectivity index (χ3v) is 3.81. The van der Waals surface area contributed by atoms with Crippen molar-refractivity contribution in [1.82, 2.24) is 15.1 Å². The van der Waals surface area contributed by atoms with Crippen LogP contribution in [0.3, 0.4) is 0 Å². The van der Waals surface area contributed by atoms with E-state index in [-0.39, 0.29) is 6.10 Å². The minimum absolute atomic E-state index is 0.220. The van der Waals surface area contributed by atoms with Gasteiger partial charge in [-0.3, -0.25) is 9.80 Å². The number of likely N-dealkylation sites (tertiary alicyclic amines) is 2. The number of aliphatic hydroxyl groups excluding tert-OH is 1. The quantitative estimate of drug-likeness (QED) is 0.678. The molecule has 94 valence electrons. The summed E-state index contributed by atoms with van der Waals surface area (Å²) < 4.78 is 0. The van der Waals surface area contributed by atoms with E-state index in [9.17, 15) is 5.11 Å². The highest BCUT2D eigenvalue weighted by atomic mass is 16.3. The largest absolute Gasteiger partial charge is 0.390 e. The van der Waals surface area contributed by atoms with Crippen LogP contribution < -0.4 is 5.32 Å². The van der Waals surface area contributed by atoms with Crippen molar-refractivity contribution in [2.45, 2.75) is 31.4 Å². The highest BCUT2D eigenvalue weighted by Crippen LogP contribution is 2.20. The molecule has 2 saturated heterocycles. The number of hydrogen-bond acceptors (Lipinski definition) is 4. The average molecular weight is 227 g/mol. The van der Waals surface area contributed by atoms with E-state index in [1.54, 1.807) is 0 Å². The van der Waals surface area contributed by atoms with Crippen molar-refractivity contribution in [2.24, 2.45) is 0 Å². The topological polar surface area (TPSA) is 38.7 Å². The van der Waals surface area contributed by atoms with Crippen molar-refractivity contribution in [2.75, 3.05) is 46.3 Å². The third-order valence-electron chi connectivity index (χ3n) is 3.81. The number of nitrogens with one attached hydrogen (secondary N) is 1. The first kappa shape index (κ1) is 12.3. The Labute approximate surface area is 98.6 Å². The van der Waals surface area contributed by atoms with Gasteiger partial charge in [0.2, 0.25) is 0 Å².